The SMILES string of the molecule is CNC(=O)[C@@H]1C[C@H]1c1cnn(C)c1. The minimum absolute atomic E-state index is 0.147. The fraction of sp³-hybridized carbons (Fsp3) is 0.556. The zero-order valence-corrected chi connectivity index (χ0v) is 7.82. The number of hydrogen-bond acceptors (Lipinski definition) is 2. The molecule has 0 saturated heterocycles. The van der Waals surface area contributed by atoms with Crippen molar-refractivity contribution in [1.29, 1.82) is 0 Å². The third kappa shape index (κ3) is 1.43. The molecule has 1 heterocycles. The number of nitrogens with one attached hydrogen (secondary N) is 1. The average Bonchev–Trinajstić information content (AvgIpc) is 2.82. The van der Waals surface area contributed by atoms with Gasteiger partial charge >= 0.3 is 0 Å². The van der Waals surface area contributed by atoms with Gasteiger partial charge in [-0.2, -0.15) is 5.10 Å². The molecule has 1 fully saturated rings. The number of amides is 1. The second-order valence-electron chi connectivity index (χ2n) is 3.51. The zero-order chi connectivity index (χ0) is 9.42. The summed E-state index contributed by atoms with van der Waals surface area (Å²) < 4.78 is 1.77. The summed E-state index contributed by atoms with van der Waals surface area (Å²) in [5.41, 5.74) is 1.18. The van der Waals surface area contributed by atoms with Gasteiger partial charge in [-0.25, -0.2) is 0 Å². The molecular weight excluding hydrogens is 166 g/mol. The third-order valence-corrected chi connectivity index (χ3v) is 2.53. The topological polar surface area (TPSA) is 46.9 Å². The Morgan fingerprint density at radius 1 is 1.77 bits per heavy atom. The van der Waals surface area contributed by atoms with Gasteiger partial charge in [-0.15, -0.1) is 0 Å². The van der Waals surface area contributed by atoms with Crippen LogP contribution in [0.15, 0.2) is 12.4 Å². The number of aryl methyl sites for hydroxylation is 1. The summed E-state index contributed by atoms with van der Waals surface area (Å²) in [4.78, 5) is 11.2. The molecule has 1 aliphatic rings. The molecule has 0 bridgehead atoms. The highest BCUT2D eigenvalue weighted by Gasteiger charge is 2.43. The van der Waals surface area contributed by atoms with Crippen LogP contribution in [0.4, 0.5) is 0 Å². The van der Waals surface area contributed by atoms with Crippen molar-refractivity contribution in [3.63, 3.8) is 0 Å². The van der Waals surface area contributed by atoms with Gasteiger partial charge in [0.1, 0.15) is 0 Å². The monoisotopic (exact) mass is 179 g/mol. The molecule has 1 N–H and O–H groups in total. The number of carbonyl (C=O) groups is 1. The quantitative estimate of drug-likeness (QED) is 0.708. The van der Waals surface area contributed by atoms with E-state index in [2.05, 4.69) is 10.4 Å². The minimum atomic E-state index is 0.147. The highest BCUT2D eigenvalue weighted by Crippen LogP contribution is 2.47. The van der Waals surface area contributed by atoms with E-state index in [0.717, 1.165) is 6.42 Å². The lowest BCUT2D eigenvalue weighted by Crippen LogP contribution is -2.20. The van der Waals surface area contributed by atoms with E-state index in [0.29, 0.717) is 5.92 Å². The lowest BCUT2D eigenvalue weighted by molar-refractivity contribution is -0.121. The van der Waals surface area contributed by atoms with Crippen LogP contribution in [0, 0.1) is 5.92 Å². The van der Waals surface area contributed by atoms with Gasteiger partial charge in [-0.05, 0) is 17.9 Å². The first-order valence-corrected chi connectivity index (χ1v) is 4.42. The smallest absolute Gasteiger partial charge is 0.223 e. The molecule has 4 nitrogen and oxygen atoms in total. The van der Waals surface area contributed by atoms with E-state index in [1.165, 1.54) is 5.56 Å². The first-order valence-electron chi connectivity index (χ1n) is 4.42. The molecule has 1 amide bonds. The predicted molar refractivity (Wildman–Crippen MR) is 48.1 cm³/mol. The average molecular weight is 179 g/mol. The van der Waals surface area contributed by atoms with Gasteiger partial charge in [0, 0.05) is 26.2 Å². The van der Waals surface area contributed by atoms with Crippen LogP contribution in [0.2, 0.25) is 0 Å². The highest BCUT2D eigenvalue weighted by atomic mass is 16.1. The summed E-state index contributed by atoms with van der Waals surface area (Å²) in [6.07, 6.45) is 4.78. The maximum Gasteiger partial charge on any atom is 0.223 e. The zero-order valence-electron chi connectivity index (χ0n) is 7.82. The normalized spacial score (nSPS) is 25.7. The van der Waals surface area contributed by atoms with Gasteiger partial charge in [-0.1, -0.05) is 0 Å². The van der Waals surface area contributed by atoms with Crippen molar-refractivity contribution in [2.24, 2.45) is 13.0 Å². The molecule has 13 heavy (non-hydrogen) atoms. The Balaban J connectivity index is 2.04. The van der Waals surface area contributed by atoms with Crippen LogP contribution in [-0.4, -0.2) is 22.7 Å². The molecule has 2 atom stereocenters. The standard InChI is InChI=1S/C9H13N3O/c1-10-9(13)8-3-7(8)6-4-11-12(2)5-6/h4-5,7-8H,3H2,1-2H3,(H,10,13)/t7-,8+/m0/s1. The Morgan fingerprint density at radius 3 is 3.08 bits per heavy atom. The van der Waals surface area contributed by atoms with E-state index in [1.807, 2.05) is 19.4 Å². The van der Waals surface area contributed by atoms with Crippen molar-refractivity contribution in [3.8, 4) is 0 Å². The van der Waals surface area contributed by atoms with Crippen molar-refractivity contribution in [3.05, 3.63) is 18.0 Å². The Kier molecular flexibility index (Phi) is 1.83. The van der Waals surface area contributed by atoms with Crippen molar-refractivity contribution in [2.45, 2.75) is 12.3 Å². The van der Waals surface area contributed by atoms with Crippen LogP contribution in [0.1, 0.15) is 17.9 Å². The molecule has 2 rings (SSSR count). The summed E-state index contributed by atoms with van der Waals surface area (Å²) >= 11 is 0. The maximum absolute atomic E-state index is 11.2. The van der Waals surface area contributed by atoms with Crippen LogP contribution in [0.5, 0.6) is 0 Å². The van der Waals surface area contributed by atoms with E-state index in [-0.39, 0.29) is 11.8 Å². The Hall–Kier alpha value is -1.32. The molecule has 0 aromatic carbocycles. The fourth-order valence-corrected chi connectivity index (χ4v) is 1.67. The van der Waals surface area contributed by atoms with Crippen molar-refractivity contribution >= 4 is 5.91 Å². The van der Waals surface area contributed by atoms with Gasteiger partial charge in [0.05, 0.1) is 6.20 Å². The van der Waals surface area contributed by atoms with E-state index in [9.17, 15) is 4.79 Å². The number of rotatable bonds is 2. The molecule has 1 aliphatic carbocycles. The molecule has 0 unspecified atom stereocenters. The number of aromatic nitrogens is 2. The maximum atomic E-state index is 11.2. The number of nitrogens with zero attached hydrogens (tertiary/aromatic N) is 2. The Bertz CT molecular complexity index is 331. The van der Waals surface area contributed by atoms with Crippen molar-refractivity contribution in [2.75, 3.05) is 7.05 Å². The number of hydrogen-bond donors (Lipinski definition) is 1. The molecule has 1 aromatic heterocycles. The van der Waals surface area contributed by atoms with Crippen LogP contribution >= 0.6 is 0 Å². The second-order valence-corrected chi connectivity index (χ2v) is 3.51. The Morgan fingerprint density at radius 2 is 2.54 bits per heavy atom. The van der Waals surface area contributed by atoms with E-state index in [4.69, 9.17) is 0 Å². The van der Waals surface area contributed by atoms with Gasteiger partial charge < -0.3 is 5.32 Å². The third-order valence-electron chi connectivity index (χ3n) is 2.53. The molecule has 4 heteroatoms. The van der Waals surface area contributed by atoms with Crippen LogP contribution in [0.25, 0.3) is 0 Å². The van der Waals surface area contributed by atoms with E-state index in [1.54, 1.807) is 11.7 Å². The summed E-state index contributed by atoms with van der Waals surface area (Å²) in [5.74, 6) is 0.719. The van der Waals surface area contributed by atoms with Crippen molar-refractivity contribution in [1.82, 2.24) is 15.1 Å². The van der Waals surface area contributed by atoms with E-state index < -0.39 is 0 Å². The largest absolute Gasteiger partial charge is 0.359 e. The first kappa shape index (κ1) is 8.29. The van der Waals surface area contributed by atoms with Crippen molar-refractivity contribution < 1.29 is 4.79 Å². The highest BCUT2D eigenvalue weighted by molar-refractivity contribution is 5.82. The summed E-state index contributed by atoms with van der Waals surface area (Å²) in [5, 5.41) is 6.75. The van der Waals surface area contributed by atoms with Crippen LogP contribution in [-0.2, 0) is 11.8 Å². The van der Waals surface area contributed by atoms with Crippen LogP contribution < -0.4 is 5.32 Å². The lowest BCUT2D eigenvalue weighted by Gasteiger charge is -1.95. The summed E-state index contributed by atoms with van der Waals surface area (Å²) in [6.45, 7) is 0. The minimum Gasteiger partial charge on any atom is -0.359 e. The van der Waals surface area contributed by atoms with Gasteiger partial charge in [0.25, 0.3) is 0 Å². The fourth-order valence-electron chi connectivity index (χ4n) is 1.67. The molecule has 0 aliphatic heterocycles. The molecule has 1 aromatic rings. The second kappa shape index (κ2) is 2.87. The molecular formula is C9H13N3O. The van der Waals surface area contributed by atoms with Crippen LogP contribution in [0.3, 0.4) is 0 Å². The molecule has 1 saturated carbocycles. The Labute approximate surface area is 76.9 Å². The van der Waals surface area contributed by atoms with Gasteiger partial charge in [-0.3, -0.25) is 9.48 Å². The predicted octanol–water partition coefficient (Wildman–Crippen LogP) is 0.270. The van der Waals surface area contributed by atoms with Gasteiger partial charge in [0.2, 0.25) is 5.91 Å². The van der Waals surface area contributed by atoms with E-state index >= 15 is 0 Å². The van der Waals surface area contributed by atoms with Gasteiger partial charge in [0.15, 0.2) is 0 Å². The number of carbonyl (C=O) groups excluding carboxylic acids is 1. The molecule has 70 valence electrons. The summed E-state index contributed by atoms with van der Waals surface area (Å²) in [6, 6.07) is 0. The lowest BCUT2D eigenvalue weighted by atomic mass is 10.2. The molecule has 0 spiro atoms. The molecule has 0 radical (unpaired) electrons. The first-order chi connectivity index (χ1) is 6.22. The summed E-state index contributed by atoms with van der Waals surface area (Å²) in [7, 11) is 3.57.